The summed E-state index contributed by atoms with van der Waals surface area (Å²) in [6.07, 6.45) is 2.94. The lowest BCUT2D eigenvalue weighted by Gasteiger charge is -2.12. The first-order valence-corrected chi connectivity index (χ1v) is 7.65. The van der Waals surface area contributed by atoms with Crippen LogP contribution in [0.2, 0.25) is 0 Å². The highest BCUT2D eigenvalue weighted by atomic mass is 16.4. The predicted molar refractivity (Wildman–Crippen MR) is 78.9 cm³/mol. The molecule has 2 saturated carbocycles. The molecule has 112 valence electrons. The van der Waals surface area contributed by atoms with Crippen molar-refractivity contribution in [2.24, 2.45) is 11.8 Å². The quantitative estimate of drug-likeness (QED) is 0.894. The van der Waals surface area contributed by atoms with Crippen molar-refractivity contribution in [1.82, 2.24) is 5.32 Å². The van der Waals surface area contributed by atoms with Gasteiger partial charge in [-0.15, -0.1) is 0 Å². The summed E-state index contributed by atoms with van der Waals surface area (Å²) in [5, 5.41) is 12.0. The van der Waals surface area contributed by atoms with Crippen LogP contribution in [0.15, 0.2) is 24.3 Å². The molecule has 4 heteroatoms. The van der Waals surface area contributed by atoms with E-state index in [1.54, 1.807) is 0 Å². The summed E-state index contributed by atoms with van der Waals surface area (Å²) >= 11 is 0. The fraction of sp³-hybridized carbons (Fsp3) is 0.529. The summed E-state index contributed by atoms with van der Waals surface area (Å²) in [6.45, 7) is 2.08. The molecule has 0 aliphatic heterocycles. The van der Waals surface area contributed by atoms with Crippen LogP contribution < -0.4 is 5.32 Å². The van der Waals surface area contributed by atoms with Gasteiger partial charge in [-0.05, 0) is 49.7 Å². The van der Waals surface area contributed by atoms with E-state index in [4.69, 9.17) is 5.11 Å². The Morgan fingerprint density at radius 3 is 2.62 bits per heavy atom. The predicted octanol–water partition coefficient (Wildman–Crippen LogP) is 2.47. The summed E-state index contributed by atoms with van der Waals surface area (Å²) < 4.78 is 0. The Morgan fingerprint density at radius 2 is 1.95 bits per heavy atom. The molecule has 2 aliphatic carbocycles. The number of rotatable bonds is 4. The average Bonchev–Trinajstić information content (AvgIpc) is 3.11. The van der Waals surface area contributed by atoms with E-state index < -0.39 is 5.97 Å². The fourth-order valence-electron chi connectivity index (χ4n) is 3.48. The Morgan fingerprint density at radius 1 is 1.19 bits per heavy atom. The number of carboxylic acid groups (broad SMARTS) is 1. The zero-order chi connectivity index (χ0) is 15.0. The monoisotopic (exact) mass is 287 g/mol. The van der Waals surface area contributed by atoms with Crippen molar-refractivity contribution in [2.45, 2.75) is 44.6 Å². The molecule has 2 aliphatic rings. The highest BCUT2D eigenvalue weighted by Crippen LogP contribution is 2.48. The van der Waals surface area contributed by atoms with Crippen LogP contribution in [-0.4, -0.2) is 23.0 Å². The normalized spacial score (nSPS) is 30.9. The molecular weight excluding hydrogens is 266 g/mol. The zero-order valence-corrected chi connectivity index (χ0v) is 12.2. The number of hydrogen-bond donors (Lipinski definition) is 2. The number of carbonyl (C=O) groups excluding carboxylic acids is 1. The molecule has 0 saturated heterocycles. The van der Waals surface area contributed by atoms with Crippen molar-refractivity contribution in [3.8, 4) is 0 Å². The Balaban J connectivity index is 1.54. The number of benzene rings is 1. The Kier molecular flexibility index (Phi) is 3.70. The highest BCUT2D eigenvalue weighted by Gasteiger charge is 2.45. The van der Waals surface area contributed by atoms with Gasteiger partial charge in [0.25, 0.3) is 0 Å². The van der Waals surface area contributed by atoms with Crippen molar-refractivity contribution >= 4 is 11.9 Å². The van der Waals surface area contributed by atoms with Crippen LogP contribution in [0.4, 0.5) is 0 Å². The lowest BCUT2D eigenvalue weighted by Crippen LogP contribution is -2.34. The van der Waals surface area contributed by atoms with E-state index in [9.17, 15) is 9.59 Å². The van der Waals surface area contributed by atoms with E-state index >= 15 is 0 Å². The topological polar surface area (TPSA) is 66.4 Å². The highest BCUT2D eigenvalue weighted by molar-refractivity contribution is 5.83. The molecule has 0 radical (unpaired) electrons. The van der Waals surface area contributed by atoms with Gasteiger partial charge < -0.3 is 10.4 Å². The van der Waals surface area contributed by atoms with Crippen LogP contribution in [0.5, 0.6) is 0 Å². The lowest BCUT2D eigenvalue weighted by molar-refractivity contribution is -0.141. The van der Waals surface area contributed by atoms with Gasteiger partial charge >= 0.3 is 5.97 Å². The molecule has 0 aromatic heterocycles. The minimum Gasteiger partial charge on any atom is -0.481 e. The number of nitrogens with one attached hydrogen (secondary N) is 1. The molecule has 1 amide bonds. The molecule has 2 fully saturated rings. The SMILES string of the molecule is Cc1ccccc1C1CC1C(=O)N[C@@H]1CC[C@H](C(=O)O)C1. The van der Waals surface area contributed by atoms with Gasteiger partial charge in [-0.1, -0.05) is 24.3 Å². The van der Waals surface area contributed by atoms with E-state index in [0.717, 1.165) is 12.8 Å². The standard InChI is InChI=1S/C17H21NO3/c1-10-4-2-3-5-13(10)14-9-15(14)16(19)18-12-7-6-11(8-12)17(20)21/h2-5,11-12,14-15H,6-9H2,1H3,(H,18,19)(H,20,21)/t11-,12+,14?,15?/m0/s1. The molecule has 3 rings (SSSR count). The van der Waals surface area contributed by atoms with Gasteiger partial charge in [0.2, 0.25) is 5.91 Å². The van der Waals surface area contributed by atoms with Gasteiger partial charge in [0, 0.05) is 12.0 Å². The summed E-state index contributed by atoms with van der Waals surface area (Å²) in [4.78, 5) is 23.2. The summed E-state index contributed by atoms with van der Waals surface area (Å²) in [5.41, 5.74) is 2.51. The van der Waals surface area contributed by atoms with Crippen LogP contribution in [0.1, 0.15) is 42.7 Å². The number of aliphatic carboxylic acids is 1. The lowest BCUT2D eigenvalue weighted by atomic mass is 10.0. The molecule has 0 bridgehead atoms. The van der Waals surface area contributed by atoms with Crippen LogP contribution in [0, 0.1) is 18.8 Å². The first-order chi connectivity index (χ1) is 10.1. The van der Waals surface area contributed by atoms with Crippen molar-refractivity contribution in [3.05, 3.63) is 35.4 Å². The first kappa shape index (κ1) is 14.1. The Labute approximate surface area is 124 Å². The number of amides is 1. The summed E-state index contributed by atoms with van der Waals surface area (Å²) in [7, 11) is 0. The third kappa shape index (κ3) is 2.94. The third-order valence-electron chi connectivity index (χ3n) is 4.84. The minimum absolute atomic E-state index is 0.0386. The van der Waals surface area contributed by atoms with Gasteiger partial charge in [-0.25, -0.2) is 0 Å². The maximum atomic E-state index is 12.3. The van der Waals surface area contributed by atoms with E-state index in [1.165, 1.54) is 11.1 Å². The van der Waals surface area contributed by atoms with Crippen LogP contribution in [0.25, 0.3) is 0 Å². The molecule has 21 heavy (non-hydrogen) atoms. The molecule has 4 atom stereocenters. The molecule has 0 spiro atoms. The molecule has 2 N–H and O–H groups in total. The van der Waals surface area contributed by atoms with Crippen molar-refractivity contribution in [2.75, 3.05) is 0 Å². The molecule has 1 aromatic rings. The molecule has 0 heterocycles. The van der Waals surface area contributed by atoms with Gasteiger partial charge in [-0.3, -0.25) is 9.59 Å². The molecule has 4 nitrogen and oxygen atoms in total. The fourth-order valence-corrected chi connectivity index (χ4v) is 3.48. The summed E-state index contributed by atoms with van der Waals surface area (Å²) in [6, 6.07) is 8.25. The second-order valence-corrected chi connectivity index (χ2v) is 6.36. The minimum atomic E-state index is -0.740. The Bertz CT molecular complexity index is 569. The van der Waals surface area contributed by atoms with E-state index in [0.29, 0.717) is 18.8 Å². The first-order valence-electron chi connectivity index (χ1n) is 7.65. The van der Waals surface area contributed by atoms with Crippen molar-refractivity contribution in [3.63, 3.8) is 0 Å². The van der Waals surface area contributed by atoms with E-state index in [2.05, 4.69) is 24.4 Å². The van der Waals surface area contributed by atoms with Crippen LogP contribution in [0.3, 0.4) is 0 Å². The zero-order valence-electron chi connectivity index (χ0n) is 12.2. The number of hydrogen-bond acceptors (Lipinski definition) is 2. The second-order valence-electron chi connectivity index (χ2n) is 6.36. The van der Waals surface area contributed by atoms with Crippen molar-refractivity contribution < 1.29 is 14.7 Å². The largest absolute Gasteiger partial charge is 0.481 e. The molecular formula is C17H21NO3. The maximum absolute atomic E-state index is 12.3. The van der Waals surface area contributed by atoms with Gasteiger partial charge in [-0.2, -0.15) is 0 Å². The number of aryl methyl sites for hydroxylation is 1. The Hall–Kier alpha value is -1.84. The van der Waals surface area contributed by atoms with E-state index in [-0.39, 0.29) is 23.8 Å². The van der Waals surface area contributed by atoms with Gasteiger partial charge in [0.1, 0.15) is 0 Å². The number of carbonyl (C=O) groups is 2. The third-order valence-corrected chi connectivity index (χ3v) is 4.84. The molecule has 1 aromatic carbocycles. The maximum Gasteiger partial charge on any atom is 0.306 e. The van der Waals surface area contributed by atoms with Crippen LogP contribution >= 0.6 is 0 Å². The average molecular weight is 287 g/mol. The van der Waals surface area contributed by atoms with Crippen LogP contribution in [-0.2, 0) is 9.59 Å². The number of carboxylic acids is 1. The van der Waals surface area contributed by atoms with E-state index in [1.807, 2.05) is 12.1 Å². The second kappa shape index (κ2) is 5.51. The van der Waals surface area contributed by atoms with Gasteiger partial charge in [0.05, 0.1) is 5.92 Å². The van der Waals surface area contributed by atoms with Gasteiger partial charge in [0.15, 0.2) is 0 Å². The molecule has 2 unspecified atom stereocenters. The van der Waals surface area contributed by atoms with Crippen molar-refractivity contribution in [1.29, 1.82) is 0 Å². The summed E-state index contributed by atoms with van der Waals surface area (Å²) in [5.74, 6) is -0.533. The smallest absolute Gasteiger partial charge is 0.306 e.